The van der Waals surface area contributed by atoms with Crippen LogP contribution in [0.5, 0.6) is 0 Å². The largest absolute Gasteiger partial charge is 0.465 e. The summed E-state index contributed by atoms with van der Waals surface area (Å²) < 4.78 is 34.9. The number of sulfone groups is 1. The third-order valence-corrected chi connectivity index (χ3v) is 8.23. The van der Waals surface area contributed by atoms with Crippen LogP contribution >= 0.6 is 0 Å². The lowest BCUT2D eigenvalue weighted by Gasteiger charge is -2.13. The highest BCUT2D eigenvalue weighted by Gasteiger charge is 2.32. The van der Waals surface area contributed by atoms with Gasteiger partial charge in [0.05, 0.1) is 29.3 Å². The topological polar surface area (TPSA) is 127 Å². The molecule has 3 heterocycles. The minimum atomic E-state index is -4.23. The molecule has 0 saturated carbocycles. The summed E-state index contributed by atoms with van der Waals surface area (Å²) in [6, 6.07) is 13.0. The fourth-order valence-electron chi connectivity index (χ4n) is 4.52. The summed E-state index contributed by atoms with van der Waals surface area (Å²) >= 11 is 0. The van der Waals surface area contributed by atoms with E-state index >= 15 is 0 Å². The van der Waals surface area contributed by atoms with E-state index in [2.05, 4.69) is 15.0 Å². The number of aryl methyl sites for hydroxylation is 1. The number of imidazole rings is 1. The maximum atomic E-state index is 14.0. The first-order valence-electron chi connectivity index (χ1n) is 11.7. The lowest BCUT2D eigenvalue weighted by molar-refractivity contribution is 0.0602. The summed E-state index contributed by atoms with van der Waals surface area (Å²) in [4.78, 5) is 38.1. The predicted molar refractivity (Wildman–Crippen MR) is 141 cm³/mol. The normalized spacial score (nSPS) is 11.7. The van der Waals surface area contributed by atoms with Gasteiger partial charge in [-0.1, -0.05) is 18.2 Å². The first kappa shape index (κ1) is 25.2. The number of hydrogen-bond donors (Lipinski definition) is 1. The van der Waals surface area contributed by atoms with Crippen molar-refractivity contribution in [3.05, 3.63) is 83.6 Å². The van der Waals surface area contributed by atoms with Gasteiger partial charge in [0.25, 0.3) is 5.91 Å². The third kappa shape index (κ3) is 4.10. The van der Waals surface area contributed by atoms with E-state index in [1.54, 1.807) is 36.7 Å². The molecule has 0 aliphatic heterocycles. The molecule has 38 heavy (non-hydrogen) atoms. The lowest BCUT2D eigenvalue weighted by atomic mass is 10.1. The van der Waals surface area contributed by atoms with Crippen molar-refractivity contribution in [1.82, 2.24) is 24.4 Å². The highest BCUT2D eigenvalue weighted by molar-refractivity contribution is 7.91. The Morgan fingerprint density at radius 2 is 1.82 bits per heavy atom. The van der Waals surface area contributed by atoms with E-state index < -0.39 is 21.7 Å². The number of aromatic amines is 1. The zero-order valence-electron chi connectivity index (χ0n) is 21.2. The van der Waals surface area contributed by atoms with Crippen LogP contribution in [0.1, 0.15) is 32.2 Å². The van der Waals surface area contributed by atoms with Gasteiger partial charge in [-0.05, 0) is 42.8 Å². The molecule has 1 N–H and O–H groups in total. The molecule has 0 aliphatic carbocycles. The number of nitrogens with zero attached hydrogens (tertiary/aromatic N) is 4. The molecule has 1 amide bonds. The average molecular weight is 532 g/mol. The summed E-state index contributed by atoms with van der Waals surface area (Å²) in [6.45, 7) is 2.38. The Kier molecular flexibility index (Phi) is 6.23. The molecule has 0 spiro atoms. The molecule has 3 aromatic heterocycles. The highest BCUT2D eigenvalue weighted by Crippen LogP contribution is 2.35. The molecular weight excluding hydrogens is 506 g/mol. The van der Waals surface area contributed by atoms with Crippen LogP contribution in [0, 0.1) is 6.92 Å². The van der Waals surface area contributed by atoms with Crippen LogP contribution in [0.4, 0.5) is 0 Å². The van der Waals surface area contributed by atoms with Crippen LogP contribution in [-0.4, -0.2) is 65.9 Å². The van der Waals surface area contributed by atoms with Gasteiger partial charge in [-0.25, -0.2) is 18.2 Å². The molecule has 0 bridgehead atoms. The molecule has 0 aliphatic rings. The maximum absolute atomic E-state index is 14.0. The van der Waals surface area contributed by atoms with Crippen molar-refractivity contribution in [3.63, 3.8) is 0 Å². The van der Waals surface area contributed by atoms with Crippen molar-refractivity contribution in [2.24, 2.45) is 0 Å². The number of fused-ring (bicyclic) bond motifs is 2. The van der Waals surface area contributed by atoms with Gasteiger partial charge in [0, 0.05) is 37.7 Å². The van der Waals surface area contributed by atoms with Crippen molar-refractivity contribution in [2.45, 2.75) is 23.3 Å². The Morgan fingerprint density at radius 1 is 1.08 bits per heavy atom. The molecule has 2 aromatic carbocycles. The third-order valence-electron chi connectivity index (χ3n) is 6.39. The van der Waals surface area contributed by atoms with Crippen LogP contribution in [0.3, 0.4) is 0 Å². The number of pyridine rings is 1. The molecule has 5 aromatic rings. The van der Waals surface area contributed by atoms with Crippen LogP contribution in [0.25, 0.3) is 21.9 Å². The second-order valence-electron chi connectivity index (χ2n) is 9.01. The molecule has 0 fully saturated rings. The molecule has 194 valence electrons. The van der Waals surface area contributed by atoms with Crippen molar-refractivity contribution >= 4 is 43.7 Å². The Hall–Kier alpha value is -4.51. The van der Waals surface area contributed by atoms with Crippen LogP contribution in [0.15, 0.2) is 70.7 Å². The highest BCUT2D eigenvalue weighted by atomic mass is 32.2. The number of rotatable bonds is 6. The van der Waals surface area contributed by atoms with Crippen molar-refractivity contribution < 1.29 is 22.7 Å². The van der Waals surface area contributed by atoms with Crippen LogP contribution in [0.2, 0.25) is 0 Å². The zero-order valence-corrected chi connectivity index (χ0v) is 22.0. The Labute approximate surface area is 218 Å². The summed E-state index contributed by atoms with van der Waals surface area (Å²) in [5, 5.41) is 0.114. The van der Waals surface area contributed by atoms with E-state index in [1.165, 1.54) is 44.3 Å². The number of hydrogen-bond acceptors (Lipinski definition) is 7. The lowest BCUT2D eigenvalue weighted by Crippen LogP contribution is -2.24. The summed E-state index contributed by atoms with van der Waals surface area (Å²) in [7, 11) is 0.0371. The number of amides is 1. The number of esters is 1. The second kappa shape index (κ2) is 9.42. The molecule has 0 radical (unpaired) electrons. The van der Waals surface area contributed by atoms with Gasteiger partial charge in [-0.15, -0.1) is 0 Å². The van der Waals surface area contributed by atoms with Gasteiger partial charge in [0.15, 0.2) is 0 Å². The van der Waals surface area contributed by atoms with Crippen molar-refractivity contribution in [1.29, 1.82) is 0 Å². The Balaban J connectivity index is 1.62. The standard InChI is InChI=1S/C27H25N5O5S/c1-16-29-21-14-28-13-12-22(21)32(16)15-17-8-10-18(11-9-17)38(35,36)25-23-19(27(34)37-4)6-5-7-20(23)30-24(25)26(33)31(2)3/h5-14,30H,15H2,1-4H3. The van der Waals surface area contributed by atoms with Crippen molar-refractivity contribution in [3.8, 4) is 0 Å². The van der Waals surface area contributed by atoms with E-state index in [-0.39, 0.29) is 26.4 Å². The van der Waals surface area contributed by atoms with E-state index in [0.717, 1.165) is 22.4 Å². The second-order valence-corrected chi connectivity index (χ2v) is 10.9. The molecule has 0 saturated heterocycles. The first-order valence-corrected chi connectivity index (χ1v) is 13.2. The van der Waals surface area contributed by atoms with Gasteiger partial charge >= 0.3 is 5.97 Å². The quantitative estimate of drug-likeness (QED) is 0.332. The summed E-state index contributed by atoms with van der Waals surface area (Å²) in [5.74, 6) is -0.432. The summed E-state index contributed by atoms with van der Waals surface area (Å²) in [6.07, 6.45) is 3.40. The first-order chi connectivity index (χ1) is 18.1. The molecule has 0 unspecified atom stereocenters. The van der Waals surface area contributed by atoms with E-state index in [0.29, 0.717) is 12.1 Å². The smallest absolute Gasteiger partial charge is 0.338 e. The monoisotopic (exact) mass is 531 g/mol. The Morgan fingerprint density at radius 3 is 2.50 bits per heavy atom. The fraction of sp³-hybridized carbons (Fsp3) is 0.185. The number of H-pyrrole nitrogens is 1. The average Bonchev–Trinajstić information content (AvgIpc) is 3.46. The Bertz CT molecular complexity index is 1820. The van der Waals surface area contributed by atoms with E-state index in [4.69, 9.17) is 4.74 Å². The molecule has 10 nitrogen and oxygen atoms in total. The van der Waals surface area contributed by atoms with Gasteiger partial charge < -0.3 is 19.2 Å². The van der Waals surface area contributed by atoms with E-state index in [1.807, 2.05) is 17.6 Å². The molecular formula is C27H25N5O5S. The zero-order chi connectivity index (χ0) is 27.2. The van der Waals surface area contributed by atoms with E-state index in [9.17, 15) is 18.0 Å². The number of aromatic nitrogens is 4. The fourth-order valence-corrected chi connectivity index (χ4v) is 6.14. The number of nitrogens with one attached hydrogen (secondary N) is 1. The molecule has 0 atom stereocenters. The summed E-state index contributed by atoms with van der Waals surface area (Å²) in [5.41, 5.74) is 2.83. The van der Waals surface area contributed by atoms with Gasteiger partial charge in [-0.3, -0.25) is 9.78 Å². The SMILES string of the molecule is COC(=O)c1cccc2[nH]c(C(=O)N(C)C)c(S(=O)(=O)c3ccc(Cn4c(C)nc5cnccc54)cc3)c12. The molecule has 5 rings (SSSR count). The van der Waals surface area contributed by atoms with Gasteiger partial charge in [-0.2, -0.15) is 0 Å². The number of methoxy groups -OCH3 is 1. The number of ether oxygens (including phenoxy) is 1. The minimum absolute atomic E-state index is 0.00830. The van der Waals surface area contributed by atoms with Crippen LogP contribution in [-0.2, 0) is 21.1 Å². The number of carbonyl (C=O) groups excluding carboxylic acids is 2. The van der Waals surface area contributed by atoms with Gasteiger partial charge in [0.1, 0.15) is 21.9 Å². The number of carbonyl (C=O) groups is 2. The van der Waals surface area contributed by atoms with Crippen molar-refractivity contribution in [2.75, 3.05) is 21.2 Å². The number of benzene rings is 2. The predicted octanol–water partition coefficient (Wildman–Crippen LogP) is 3.59. The molecule has 11 heteroatoms. The minimum Gasteiger partial charge on any atom is -0.465 e. The maximum Gasteiger partial charge on any atom is 0.338 e. The van der Waals surface area contributed by atoms with Crippen LogP contribution < -0.4 is 0 Å². The van der Waals surface area contributed by atoms with Gasteiger partial charge in [0.2, 0.25) is 9.84 Å².